The predicted octanol–water partition coefficient (Wildman–Crippen LogP) is 1.99. The molecule has 2 heterocycles. The third-order valence-corrected chi connectivity index (χ3v) is 3.16. The van der Waals surface area contributed by atoms with Gasteiger partial charge in [0.05, 0.1) is 11.3 Å². The number of aryl methyl sites for hydroxylation is 2. The second-order valence-corrected chi connectivity index (χ2v) is 4.22. The molecule has 0 spiro atoms. The fourth-order valence-corrected chi connectivity index (χ4v) is 2.18. The number of anilines is 1. The van der Waals surface area contributed by atoms with E-state index in [1.54, 1.807) is 4.68 Å². The zero-order chi connectivity index (χ0) is 13.3. The van der Waals surface area contributed by atoms with Crippen LogP contribution in [0.5, 0.6) is 0 Å². The second-order valence-electron chi connectivity index (χ2n) is 4.22. The Kier molecular flexibility index (Phi) is 3.19. The molecule has 0 aromatic carbocycles. The summed E-state index contributed by atoms with van der Waals surface area (Å²) in [6.45, 7) is 7.72. The van der Waals surface area contributed by atoms with E-state index in [0.29, 0.717) is 5.56 Å². The third kappa shape index (κ3) is 1.80. The van der Waals surface area contributed by atoms with Crippen molar-refractivity contribution in [2.75, 3.05) is 18.0 Å². The lowest BCUT2D eigenvalue weighted by Gasteiger charge is -2.20. The molecule has 0 aliphatic rings. The molecule has 0 radical (unpaired) electrons. The first-order valence-electron chi connectivity index (χ1n) is 6.11. The molecular weight excluding hydrogens is 226 g/mol. The van der Waals surface area contributed by atoms with Crippen LogP contribution < -0.4 is 4.90 Å². The average Bonchev–Trinajstić information content (AvgIpc) is 2.65. The molecule has 2 rings (SSSR count). The minimum Gasteiger partial charge on any atom is -0.356 e. The van der Waals surface area contributed by atoms with Crippen LogP contribution in [0.1, 0.15) is 25.1 Å². The van der Waals surface area contributed by atoms with Crippen molar-refractivity contribution in [3.8, 4) is 6.07 Å². The van der Waals surface area contributed by atoms with E-state index >= 15 is 0 Å². The minimum absolute atomic E-state index is 0.613. The first-order chi connectivity index (χ1) is 8.62. The van der Waals surface area contributed by atoms with Crippen molar-refractivity contribution in [1.29, 1.82) is 5.26 Å². The molecule has 94 valence electrons. The van der Waals surface area contributed by atoms with E-state index in [1.165, 1.54) is 0 Å². The summed E-state index contributed by atoms with van der Waals surface area (Å²) in [5.74, 6) is 0.748. The Labute approximate surface area is 107 Å². The number of hydrogen-bond donors (Lipinski definition) is 0. The molecule has 5 heteroatoms. The normalized spacial score (nSPS) is 10.6. The largest absolute Gasteiger partial charge is 0.356 e. The smallest absolute Gasteiger partial charge is 0.160 e. The highest BCUT2D eigenvalue weighted by Crippen LogP contribution is 2.24. The van der Waals surface area contributed by atoms with Crippen molar-refractivity contribution in [3.05, 3.63) is 17.3 Å². The van der Waals surface area contributed by atoms with Gasteiger partial charge in [0.2, 0.25) is 0 Å². The lowest BCUT2D eigenvalue weighted by molar-refractivity contribution is 0.769. The van der Waals surface area contributed by atoms with Gasteiger partial charge in [-0.25, -0.2) is 4.98 Å². The van der Waals surface area contributed by atoms with Crippen molar-refractivity contribution < 1.29 is 0 Å². The van der Waals surface area contributed by atoms with E-state index in [-0.39, 0.29) is 0 Å². The van der Waals surface area contributed by atoms with Gasteiger partial charge >= 0.3 is 0 Å². The van der Waals surface area contributed by atoms with Crippen LogP contribution in [0.3, 0.4) is 0 Å². The maximum Gasteiger partial charge on any atom is 0.160 e. The molecule has 0 saturated heterocycles. The lowest BCUT2D eigenvalue weighted by Crippen LogP contribution is -2.24. The van der Waals surface area contributed by atoms with Crippen LogP contribution in [0.2, 0.25) is 0 Å². The first kappa shape index (κ1) is 12.4. The maximum absolute atomic E-state index is 9.27. The molecule has 18 heavy (non-hydrogen) atoms. The molecule has 0 amide bonds. The molecule has 2 aromatic rings. The zero-order valence-corrected chi connectivity index (χ0v) is 11.2. The van der Waals surface area contributed by atoms with Crippen LogP contribution in [-0.2, 0) is 7.05 Å². The first-order valence-corrected chi connectivity index (χ1v) is 6.11. The van der Waals surface area contributed by atoms with Gasteiger partial charge in [-0.1, -0.05) is 0 Å². The van der Waals surface area contributed by atoms with Gasteiger partial charge in [0.25, 0.3) is 0 Å². The fraction of sp³-hybridized carbons (Fsp3) is 0.462. The topological polar surface area (TPSA) is 57.7 Å². The number of rotatable bonds is 3. The Morgan fingerprint density at radius 3 is 2.61 bits per heavy atom. The fourth-order valence-electron chi connectivity index (χ4n) is 2.18. The van der Waals surface area contributed by atoms with Crippen molar-refractivity contribution in [3.63, 3.8) is 0 Å². The van der Waals surface area contributed by atoms with Gasteiger partial charge in [0.1, 0.15) is 11.9 Å². The van der Waals surface area contributed by atoms with Gasteiger partial charge < -0.3 is 4.90 Å². The van der Waals surface area contributed by atoms with Gasteiger partial charge in [-0.2, -0.15) is 10.4 Å². The molecule has 0 aliphatic heterocycles. The Bertz CT molecular complexity index is 616. The van der Waals surface area contributed by atoms with Crippen molar-refractivity contribution in [2.24, 2.45) is 7.05 Å². The number of nitriles is 1. The third-order valence-electron chi connectivity index (χ3n) is 3.16. The maximum atomic E-state index is 9.27. The molecular formula is C13H17N5. The van der Waals surface area contributed by atoms with Crippen LogP contribution in [-0.4, -0.2) is 27.9 Å². The van der Waals surface area contributed by atoms with Crippen LogP contribution in [0.15, 0.2) is 6.07 Å². The Hall–Kier alpha value is -2.09. The van der Waals surface area contributed by atoms with Gasteiger partial charge in [0, 0.05) is 25.5 Å². The van der Waals surface area contributed by atoms with Crippen molar-refractivity contribution in [2.45, 2.75) is 20.8 Å². The van der Waals surface area contributed by atoms with Crippen molar-refractivity contribution >= 4 is 16.9 Å². The molecule has 0 bridgehead atoms. The van der Waals surface area contributed by atoms with E-state index in [0.717, 1.165) is 35.6 Å². The Morgan fingerprint density at radius 2 is 2.06 bits per heavy atom. The van der Waals surface area contributed by atoms with E-state index in [9.17, 15) is 5.26 Å². The molecule has 0 aliphatic carbocycles. The van der Waals surface area contributed by atoms with E-state index in [4.69, 9.17) is 0 Å². The van der Waals surface area contributed by atoms with Crippen LogP contribution in [0.4, 0.5) is 5.82 Å². The molecule has 0 N–H and O–H groups in total. The quantitative estimate of drug-likeness (QED) is 0.827. The van der Waals surface area contributed by atoms with Gasteiger partial charge in [-0.05, 0) is 26.8 Å². The summed E-state index contributed by atoms with van der Waals surface area (Å²) in [4.78, 5) is 6.70. The number of aromatic nitrogens is 3. The van der Waals surface area contributed by atoms with E-state index in [1.807, 2.05) is 20.0 Å². The van der Waals surface area contributed by atoms with Crippen LogP contribution >= 0.6 is 0 Å². The van der Waals surface area contributed by atoms with E-state index in [2.05, 4.69) is 34.9 Å². The van der Waals surface area contributed by atoms with E-state index < -0.39 is 0 Å². The number of pyridine rings is 1. The van der Waals surface area contributed by atoms with Gasteiger partial charge in [-0.15, -0.1) is 0 Å². The molecule has 0 atom stereocenters. The number of hydrogen-bond acceptors (Lipinski definition) is 4. The monoisotopic (exact) mass is 243 g/mol. The summed E-state index contributed by atoms with van der Waals surface area (Å²) in [6.07, 6.45) is 0. The second kappa shape index (κ2) is 4.65. The number of fused-ring (bicyclic) bond motifs is 1. The SMILES string of the molecule is CCN(CC)c1nc2c(cc1C#N)c(C)nn2C. The highest BCUT2D eigenvalue weighted by Gasteiger charge is 2.15. The lowest BCUT2D eigenvalue weighted by atomic mass is 10.2. The van der Waals surface area contributed by atoms with Gasteiger partial charge in [-0.3, -0.25) is 4.68 Å². The summed E-state index contributed by atoms with van der Waals surface area (Å²) in [7, 11) is 1.88. The summed E-state index contributed by atoms with van der Waals surface area (Å²) < 4.78 is 1.76. The minimum atomic E-state index is 0.613. The summed E-state index contributed by atoms with van der Waals surface area (Å²) >= 11 is 0. The van der Waals surface area contributed by atoms with Crippen LogP contribution in [0.25, 0.3) is 11.0 Å². The molecule has 0 saturated carbocycles. The average molecular weight is 243 g/mol. The van der Waals surface area contributed by atoms with Gasteiger partial charge in [0.15, 0.2) is 5.65 Å². The Morgan fingerprint density at radius 1 is 1.39 bits per heavy atom. The highest BCUT2D eigenvalue weighted by atomic mass is 15.3. The van der Waals surface area contributed by atoms with Crippen LogP contribution in [0, 0.1) is 18.3 Å². The molecule has 2 aromatic heterocycles. The summed E-state index contributed by atoms with van der Waals surface area (Å²) in [5, 5.41) is 14.6. The molecule has 5 nitrogen and oxygen atoms in total. The zero-order valence-electron chi connectivity index (χ0n) is 11.2. The summed E-state index contributed by atoms with van der Waals surface area (Å²) in [6, 6.07) is 4.12. The number of nitrogens with zero attached hydrogens (tertiary/aromatic N) is 5. The highest BCUT2D eigenvalue weighted by molar-refractivity contribution is 5.82. The van der Waals surface area contributed by atoms with Crippen molar-refractivity contribution in [1.82, 2.24) is 14.8 Å². The molecule has 0 unspecified atom stereocenters. The predicted molar refractivity (Wildman–Crippen MR) is 71.5 cm³/mol. The Balaban J connectivity index is 2.73. The summed E-state index contributed by atoms with van der Waals surface area (Å²) in [5.41, 5.74) is 2.35. The molecule has 0 fully saturated rings. The standard InChI is InChI=1S/C13H17N5/c1-5-18(6-2)12-10(8-14)7-11-9(3)16-17(4)13(11)15-12/h7H,5-6H2,1-4H3.